The minimum absolute atomic E-state index is 0.450. The Morgan fingerprint density at radius 2 is 1.60 bits per heavy atom. The van der Waals surface area contributed by atoms with E-state index in [2.05, 4.69) is 81.2 Å². The topological polar surface area (TPSA) is 3.24 Å². The van der Waals surface area contributed by atoms with Gasteiger partial charge in [-0.3, -0.25) is 0 Å². The van der Waals surface area contributed by atoms with Gasteiger partial charge in [0.2, 0.25) is 0 Å². The number of hydrogen-bond acceptors (Lipinski definition) is 1. The van der Waals surface area contributed by atoms with E-state index in [1.807, 2.05) is 0 Å². The summed E-state index contributed by atoms with van der Waals surface area (Å²) in [6.45, 7) is 9.46. The minimum atomic E-state index is 0.450. The van der Waals surface area contributed by atoms with Crippen LogP contribution in [0.1, 0.15) is 66.2 Å². The van der Waals surface area contributed by atoms with Crippen LogP contribution in [0.2, 0.25) is 0 Å². The van der Waals surface area contributed by atoms with Crippen LogP contribution in [-0.2, 0) is 0 Å². The summed E-state index contributed by atoms with van der Waals surface area (Å²) in [7, 11) is 0. The molecule has 1 nitrogen and oxygen atoms in total. The van der Waals surface area contributed by atoms with Crippen LogP contribution < -0.4 is 4.90 Å². The highest BCUT2D eigenvalue weighted by Gasteiger charge is 2.33. The monoisotopic (exact) mass is 337 g/mol. The Morgan fingerprint density at radius 3 is 2.24 bits per heavy atom. The second-order valence-electron chi connectivity index (χ2n) is 9.07. The first-order chi connectivity index (χ1) is 11.9. The first-order valence-electron chi connectivity index (χ1n) is 10.1. The molecule has 1 aromatic carbocycles. The lowest BCUT2D eigenvalue weighted by Crippen LogP contribution is -2.45. The van der Waals surface area contributed by atoms with Crippen molar-refractivity contribution in [3.63, 3.8) is 0 Å². The third-order valence-electron chi connectivity index (χ3n) is 6.24. The molecule has 1 atom stereocenters. The van der Waals surface area contributed by atoms with Crippen molar-refractivity contribution in [1.82, 2.24) is 0 Å². The fourth-order valence-electron chi connectivity index (χ4n) is 4.63. The Hall–Kier alpha value is -1.50. The SMILES string of the molecule is CC1=CCCC(N(c2ccccc2)C2CCC(C(C)(C)C)CC2)C=C1. The molecule has 0 radical (unpaired) electrons. The number of allylic oxidation sites excluding steroid dienone is 3. The number of para-hydroxylation sites is 1. The maximum absolute atomic E-state index is 2.74. The van der Waals surface area contributed by atoms with Crippen LogP contribution in [0.15, 0.2) is 54.1 Å². The van der Waals surface area contributed by atoms with Crippen LogP contribution >= 0.6 is 0 Å². The van der Waals surface area contributed by atoms with E-state index < -0.39 is 0 Å². The van der Waals surface area contributed by atoms with Crippen LogP contribution in [-0.4, -0.2) is 12.1 Å². The summed E-state index contributed by atoms with van der Waals surface area (Å²) in [5.41, 5.74) is 3.26. The lowest BCUT2D eigenvalue weighted by Gasteiger charge is -2.44. The summed E-state index contributed by atoms with van der Waals surface area (Å²) in [6, 6.07) is 12.3. The van der Waals surface area contributed by atoms with Crippen molar-refractivity contribution in [2.24, 2.45) is 11.3 Å². The summed E-state index contributed by atoms with van der Waals surface area (Å²) in [4.78, 5) is 2.74. The van der Waals surface area contributed by atoms with Crippen molar-refractivity contribution in [1.29, 1.82) is 0 Å². The summed E-state index contributed by atoms with van der Waals surface area (Å²) in [6.07, 6.45) is 15.0. The van der Waals surface area contributed by atoms with Crippen molar-refractivity contribution in [2.75, 3.05) is 4.90 Å². The Kier molecular flexibility index (Phi) is 5.71. The van der Waals surface area contributed by atoms with Gasteiger partial charge in [-0.15, -0.1) is 0 Å². The molecule has 2 aliphatic carbocycles. The summed E-state index contributed by atoms with van der Waals surface area (Å²) in [5, 5.41) is 0. The van der Waals surface area contributed by atoms with Gasteiger partial charge in [-0.2, -0.15) is 0 Å². The van der Waals surface area contributed by atoms with Gasteiger partial charge in [0.1, 0.15) is 0 Å². The van der Waals surface area contributed by atoms with Gasteiger partial charge >= 0.3 is 0 Å². The summed E-state index contributed by atoms with van der Waals surface area (Å²) in [5.74, 6) is 0.870. The van der Waals surface area contributed by atoms with Gasteiger partial charge in [-0.05, 0) is 68.9 Å². The zero-order chi connectivity index (χ0) is 17.9. The lowest BCUT2D eigenvalue weighted by molar-refractivity contribution is 0.166. The number of nitrogens with zero attached hydrogens (tertiary/aromatic N) is 1. The zero-order valence-electron chi connectivity index (χ0n) is 16.5. The summed E-state index contributed by atoms with van der Waals surface area (Å²) >= 11 is 0. The van der Waals surface area contributed by atoms with E-state index in [0.29, 0.717) is 17.5 Å². The Balaban J connectivity index is 1.80. The van der Waals surface area contributed by atoms with E-state index in [-0.39, 0.29) is 0 Å². The van der Waals surface area contributed by atoms with Crippen LogP contribution in [0.3, 0.4) is 0 Å². The molecule has 0 bridgehead atoms. The van der Waals surface area contributed by atoms with E-state index in [4.69, 9.17) is 0 Å². The zero-order valence-corrected chi connectivity index (χ0v) is 16.5. The molecule has 0 amide bonds. The molecule has 1 fully saturated rings. The van der Waals surface area contributed by atoms with Gasteiger partial charge in [-0.1, -0.05) is 62.8 Å². The molecule has 1 heteroatoms. The van der Waals surface area contributed by atoms with Crippen molar-refractivity contribution < 1.29 is 0 Å². The van der Waals surface area contributed by atoms with Gasteiger partial charge in [-0.25, -0.2) is 0 Å². The number of hydrogen-bond donors (Lipinski definition) is 0. The molecular formula is C24H35N. The molecule has 2 aliphatic rings. The molecule has 0 aromatic heterocycles. The molecule has 25 heavy (non-hydrogen) atoms. The predicted molar refractivity (Wildman–Crippen MR) is 110 cm³/mol. The van der Waals surface area contributed by atoms with E-state index in [1.54, 1.807) is 0 Å². The molecule has 0 heterocycles. The highest BCUT2D eigenvalue weighted by molar-refractivity contribution is 5.50. The Bertz CT molecular complexity index is 597. The third kappa shape index (κ3) is 4.57. The molecule has 1 aromatic rings. The van der Waals surface area contributed by atoms with Crippen LogP contribution in [0, 0.1) is 11.3 Å². The Morgan fingerprint density at radius 1 is 0.920 bits per heavy atom. The summed E-state index contributed by atoms with van der Waals surface area (Å²) < 4.78 is 0. The molecular weight excluding hydrogens is 302 g/mol. The fraction of sp³-hybridized carbons (Fsp3) is 0.583. The quantitative estimate of drug-likeness (QED) is 0.588. The smallest absolute Gasteiger partial charge is 0.0482 e. The molecule has 1 saturated carbocycles. The van der Waals surface area contributed by atoms with E-state index in [9.17, 15) is 0 Å². The van der Waals surface area contributed by atoms with Gasteiger partial charge in [0.05, 0.1) is 0 Å². The minimum Gasteiger partial charge on any atom is -0.362 e. The molecule has 3 rings (SSSR count). The average molecular weight is 338 g/mol. The van der Waals surface area contributed by atoms with Crippen molar-refractivity contribution in [3.05, 3.63) is 54.1 Å². The molecule has 1 unspecified atom stereocenters. The van der Waals surface area contributed by atoms with Crippen molar-refractivity contribution in [3.8, 4) is 0 Å². The number of anilines is 1. The maximum atomic E-state index is 2.74. The second kappa shape index (κ2) is 7.81. The predicted octanol–water partition coefficient (Wildman–Crippen LogP) is 6.76. The largest absolute Gasteiger partial charge is 0.362 e. The fourth-order valence-corrected chi connectivity index (χ4v) is 4.63. The van der Waals surface area contributed by atoms with Crippen molar-refractivity contribution in [2.45, 2.75) is 78.3 Å². The van der Waals surface area contributed by atoms with Crippen LogP contribution in [0.25, 0.3) is 0 Å². The first-order valence-corrected chi connectivity index (χ1v) is 10.1. The average Bonchev–Trinajstić information content (AvgIpc) is 2.81. The highest BCUT2D eigenvalue weighted by atomic mass is 15.2. The molecule has 0 N–H and O–H groups in total. The number of benzene rings is 1. The second-order valence-corrected chi connectivity index (χ2v) is 9.07. The Labute approximate surface area is 154 Å². The number of rotatable bonds is 3. The lowest BCUT2D eigenvalue weighted by atomic mass is 9.71. The van der Waals surface area contributed by atoms with Gasteiger partial charge < -0.3 is 4.90 Å². The van der Waals surface area contributed by atoms with Gasteiger partial charge in [0.25, 0.3) is 0 Å². The molecule has 0 aliphatic heterocycles. The van der Waals surface area contributed by atoms with Gasteiger partial charge in [0, 0.05) is 17.8 Å². The van der Waals surface area contributed by atoms with E-state index in [1.165, 1.54) is 49.8 Å². The molecule has 0 spiro atoms. The molecule has 0 saturated heterocycles. The standard InChI is InChI=1S/C24H35N/c1-19-9-8-12-22(16-13-19)25(21-10-6-5-7-11-21)23-17-14-20(15-18-23)24(2,3)4/h5-7,9-11,13,16,20,22-23H,8,12,14-15,17-18H2,1-4H3. The van der Waals surface area contributed by atoms with E-state index >= 15 is 0 Å². The maximum Gasteiger partial charge on any atom is 0.0482 e. The highest BCUT2D eigenvalue weighted by Crippen LogP contribution is 2.40. The van der Waals surface area contributed by atoms with Crippen LogP contribution in [0.5, 0.6) is 0 Å². The molecule has 136 valence electrons. The van der Waals surface area contributed by atoms with Crippen LogP contribution in [0.4, 0.5) is 5.69 Å². The van der Waals surface area contributed by atoms with Gasteiger partial charge in [0.15, 0.2) is 0 Å². The van der Waals surface area contributed by atoms with Crippen molar-refractivity contribution >= 4 is 5.69 Å². The van der Waals surface area contributed by atoms with E-state index in [0.717, 1.165) is 5.92 Å². The normalized spacial score (nSPS) is 27.5. The first kappa shape index (κ1) is 18.3. The third-order valence-corrected chi connectivity index (χ3v) is 6.24.